The summed E-state index contributed by atoms with van der Waals surface area (Å²) in [6.07, 6.45) is 0.700. The number of hydrogen-bond acceptors (Lipinski definition) is 3. The van der Waals surface area contributed by atoms with Gasteiger partial charge in [0.1, 0.15) is 5.82 Å². The summed E-state index contributed by atoms with van der Waals surface area (Å²) in [6.45, 7) is 3.11. The maximum absolute atomic E-state index is 13.3. The smallest absolute Gasteiger partial charge is 0.243 e. The third-order valence-electron chi connectivity index (χ3n) is 3.49. The van der Waals surface area contributed by atoms with Gasteiger partial charge in [0.15, 0.2) is 0 Å². The maximum atomic E-state index is 13.3. The number of hydrogen-bond donors (Lipinski definition) is 1. The van der Waals surface area contributed by atoms with Gasteiger partial charge in [-0.3, -0.25) is 0 Å². The van der Waals surface area contributed by atoms with Gasteiger partial charge < -0.3 is 5.73 Å². The summed E-state index contributed by atoms with van der Waals surface area (Å²) in [7, 11) is -3.71. The molecule has 1 unspecified atom stereocenters. The highest BCUT2D eigenvalue weighted by Gasteiger charge is 2.39. The molecule has 0 aromatic heterocycles. The Balaban J connectivity index is 2.33. The van der Waals surface area contributed by atoms with Gasteiger partial charge in [-0.15, -0.1) is 0 Å². The van der Waals surface area contributed by atoms with E-state index in [0.717, 1.165) is 12.1 Å². The van der Waals surface area contributed by atoms with E-state index in [1.807, 2.05) is 6.92 Å². The second-order valence-electron chi connectivity index (χ2n) is 5.21. The van der Waals surface area contributed by atoms with Crippen LogP contribution in [0.2, 0.25) is 5.02 Å². The van der Waals surface area contributed by atoms with Crippen LogP contribution >= 0.6 is 11.6 Å². The molecule has 0 aliphatic carbocycles. The fourth-order valence-corrected chi connectivity index (χ4v) is 4.11. The Labute approximate surface area is 117 Å². The molecule has 1 aliphatic heterocycles. The van der Waals surface area contributed by atoms with Crippen molar-refractivity contribution in [1.82, 2.24) is 4.31 Å². The molecule has 106 valence electrons. The second kappa shape index (κ2) is 5.01. The Bertz CT molecular complexity index is 573. The van der Waals surface area contributed by atoms with E-state index >= 15 is 0 Å². The van der Waals surface area contributed by atoms with Crippen LogP contribution in [0.1, 0.15) is 13.3 Å². The van der Waals surface area contributed by atoms with Crippen molar-refractivity contribution in [1.29, 1.82) is 0 Å². The molecule has 0 spiro atoms. The first kappa shape index (κ1) is 14.7. The Hall–Kier alpha value is -0.690. The monoisotopic (exact) mass is 306 g/mol. The van der Waals surface area contributed by atoms with Gasteiger partial charge in [-0.2, -0.15) is 4.31 Å². The number of nitrogens with two attached hydrogens (primary N) is 1. The van der Waals surface area contributed by atoms with Crippen LogP contribution in [0.25, 0.3) is 0 Å². The topological polar surface area (TPSA) is 63.4 Å². The molecule has 2 N–H and O–H groups in total. The predicted octanol–water partition coefficient (Wildman–Crippen LogP) is 1.84. The van der Waals surface area contributed by atoms with Gasteiger partial charge in [-0.1, -0.05) is 18.5 Å². The summed E-state index contributed by atoms with van der Waals surface area (Å²) in [5.41, 5.74) is 5.44. The maximum Gasteiger partial charge on any atom is 0.243 e. The minimum atomic E-state index is -3.71. The number of nitrogens with zero attached hydrogens (tertiary/aromatic N) is 1. The number of halogens is 2. The molecule has 1 heterocycles. The van der Waals surface area contributed by atoms with E-state index < -0.39 is 15.8 Å². The molecule has 19 heavy (non-hydrogen) atoms. The molecule has 1 aromatic rings. The quantitative estimate of drug-likeness (QED) is 0.927. The zero-order valence-corrected chi connectivity index (χ0v) is 12.1. The van der Waals surface area contributed by atoms with E-state index in [-0.39, 0.29) is 15.3 Å². The Kier molecular flexibility index (Phi) is 3.88. The molecule has 1 atom stereocenters. The summed E-state index contributed by atoms with van der Waals surface area (Å²) in [5.74, 6) is -0.660. The first-order chi connectivity index (χ1) is 8.77. The van der Waals surface area contributed by atoms with Crippen molar-refractivity contribution in [2.45, 2.75) is 18.2 Å². The summed E-state index contributed by atoms with van der Waals surface area (Å²) >= 11 is 5.70. The van der Waals surface area contributed by atoms with Gasteiger partial charge in [0.25, 0.3) is 0 Å². The van der Waals surface area contributed by atoms with Gasteiger partial charge in [0.05, 0.1) is 4.90 Å². The van der Waals surface area contributed by atoms with Crippen LogP contribution in [-0.4, -0.2) is 32.4 Å². The van der Waals surface area contributed by atoms with Crippen LogP contribution in [0, 0.1) is 11.2 Å². The highest BCUT2D eigenvalue weighted by Crippen LogP contribution is 2.33. The molecular formula is C12H16ClFN2O2S. The molecule has 1 fully saturated rings. The Morgan fingerprint density at radius 3 is 2.68 bits per heavy atom. The molecule has 4 nitrogen and oxygen atoms in total. The van der Waals surface area contributed by atoms with Crippen molar-refractivity contribution in [2.24, 2.45) is 11.1 Å². The van der Waals surface area contributed by atoms with Crippen molar-refractivity contribution in [3.05, 3.63) is 29.0 Å². The first-order valence-electron chi connectivity index (χ1n) is 5.93. The second-order valence-corrected chi connectivity index (χ2v) is 7.58. The average molecular weight is 307 g/mol. The summed E-state index contributed by atoms with van der Waals surface area (Å²) in [4.78, 5) is -0.112. The molecule has 0 bridgehead atoms. The van der Waals surface area contributed by atoms with Gasteiger partial charge >= 0.3 is 0 Å². The normalized spacial score (nSPS) is 24.8. The van der Waals surface area contributed by atoms with Crippen LogP contribution < -0.4 is 5.73 Å². The van der Waals surface area contributed by atoms with E-state index in [2.05, 4.69) is 0 Å². The molecular weight excluding hydrogens is 291 g/mol. The van der Waals surface area contributed by atoms with Gasteiger partial charge in [-0.25, -0.2) is 12.8 Å². The lowest BCUT2D eigenvalue weighted by Gasteiger charge is -2.22. The summed E-state index contributed by atoms with van der Waals surface area (Å²) in [5, 5.41) is 0.0689. The van der Waals surface area contributed by atoms with Crippen LogP contribution in [-0.2, 0) is 10.0 Å². The predicted molar refractivity (Wildman–Crippen MR) is 71.9 cm³/mol. The molecule has 1 aliphatic rings. The summed E-state index contributed by atoms with van der Waals surface area (Å²) in [6, 6.07) is 3.33. The molecule has 0 saturated carbocycles. The first-order valence-corrected chi connectivity index (χ1v) is 7.75. The number of sulfonamides is 1. The lowest BCUT2D eigenvalue weighted by atomic mass is 9.90. The fourth-order valence-electron chi connectivity index (χ4n) is 2.18. The van der Waals surface area contributed by atoms with Crippen molar-refractivity contribution in [2.75, 3.05) is 19.6 Å². The van der Waals surface area contributed by atoms with E-state index in [9.17, 15) is 12.8 Å². The Morgan fingerprint density at radius 2 is 2.16 bits per heavy atom. The Morgan fingerprint density at radius 1 is 1.47 bits per heavy atom. The molecule has 1 aromatic carbocycles. The third-order valence-corrected chi connectivity index (χ3v) is 5.53. The van der Waals surface area contributed by atoms with Crippen molar-refractivity contribution < 1.29 is 12.8 Å². The van der Waals surface area contributed by atoms with Gasteiger partial charge in [-0.05, 0) is 36.6 Å². The SMILES string of the molecule is CC1(CN)CCN(S(=O)(=O)c2cc(F)cc(Cl)c2)C1. The molecule has 7 heteroatoms. The van der Waals surface area contributed by atoms with Crippen LogP contribution in [0.5, 0.6) is 0 Å². The lowest BCUT2D eigenvalue weighted by molar-refractivity contribution is 0.349. The third kappa shape index (κ3) is 2.91. The zero-order valence-electron chi connectivity index (χ0n) is 10.6. The van der Waals surface area contributed by atoms with Crippen molar-refractivity contribution in [3.63, 3.8) is 0 Å². The summed E-state index contributed by atoms with van der Waals surface area (Å²) < 4.78 is 39.4. The number of rotatable bonds is 3. The highest BCUT2D eigenvalue weighted by atomic mass is 35.5. The van der Waals surface area contributed by atoms with Crippen LogP contribution in [0.15, 0.2) is 23.1 Å². The van der Waals surface area contributed by atoms with Crippen LogP contribution in [0.3, 0.4) is 0 Å². The largest absolute Gasteiger partial charge is 0.330 e. The lowest BCUT2D eigenvalue weighted by Crippen LogP contribution is -2.34. The molecule has 2 rings (SSSR count). The van der Waals surface area contributed by atoms with Gasteiger partial charge in [0, 0.05) is 18.1 Å². The molecule has 0 amide bonds. The van der Waals surface area contributed by atoms with E-state index in [1.165, 1.54) is 10.4 Å². The highest BCUT2D eigenvalue weighted by molar-refractivity contribution is 7.89. The number of benzene rings is 1. The van der Waals surface area contributed by atoms with E-state index in [1.54, 1.807) is 0 Å². The van der Waals surface area contributed by atoms with E-state index in [0.29, 0.717) is 26.1 Å². The van der Waals surface area contributed by atoms with Crippen LogP contribution in [0.4, 0.5) is 4.39 Å². The molecule has 1 saturated heterocycles. The fraction of sp³-hybridized carbons (Fsp3) is 0.500. The van der Waals surface area contributed by atoms with E-state index in [4.69, 9.17) is 17.3 Å². The molecule has 0 radical (unpaired) electrons. The minimum Gasteiger partial charge on any atom is -0.330 e. The zero-order chi connectivity index (χ0) is 14.3. The standard InChI is InChI=1S/C12H16ClFN2O2S/c1-12(7-15)2-3-16(8-12)19(17,18)11-5-9(13)4-10(14)6-11/h4-6H,2-3,7-8,15H2,1H3. The minimum absolute atomic E-state index is 0.0689. The van der Waals surface area contributed by atoms with Crippen molar-refractivity contribution in [3.8, 4) is 0 Å². The van der Waals surface area contributed by atoms with Gasteiger partial charge in [0.2, 0.25) is 10.0 Å². The average Bonchev–Trinajstić information content (AvgIpc) is 2.72. The van der Waals surface area contributed by atoms with Crippen molar-refractivity contribution >= 4 is 21.6 Å².